The lowest BCUT2D eigenvalue weighted by atomic mass is 9.43. The molecule has 7 heteroatoms. The molecule has 1 spiro atoms. The van der Waals surface area contributed by atoms with Crippen molar-refractivity contribution in [2.75, 3.05) is 19.8 Å². The van der Waals surface area contributed by atoms with Crippen LogP contribution in [0.25, 0.3) is 0 Å². The maximum absolute atomic E-state index is 11.6. The molecule has 3 rings (SSSR count). The molecule has 2 saturated carbocycles. The van der Waals surface area contributed by atoms with Crippen LogP contribution in [-0.2, 0) is 23.8 Å². The van der Waals surface area contributed by atoms with Crippen molar-refractivity contribution in [2.24, 2.45) is 22.7 Å². The van der Waals surface area contributed by atoms with Gasteiger partial charge in [0, 0.05) is 31.1 Å². The van der Waals surface area contributed by atoms with Crippen LogP contribution in [0.1, 0.15) is 79.6 Å². The summed E-state index contributed by atoms with van der Waals surface area (Å²) in [7, 11) is 0. The first-order valence-corrected chi connectivity index (χ1v) is 11.7. The molecular formula is C24H40O7. The first-order valence-electron chi connectivity index (χ1n) is 11.7. The summed E-state index contributed by atoms with van der Waals surface area (Å²) >= 11 is 0. The van der Waals surface area contributed by atoms with Gasteiger partial charge < -0.3 is 24.4 Å². The molecule has 0 bridgehead atoms. The normalized spacial score (nSPS) is 44.7. The van der Waals surface area contributed by atoms with E-state index in [1.807, 2.05) is 6.92 Å². The molecule has 3 fully saturated rings. The fourth-order valence-electron chi connectivity index (χ4n) is 7.10. The van der Waals surface area contributed by atoms with Crippen molar-refractivity contribution in [3.05, 3.63) is 0 Å². The van der Waals surface area contributed by atoms with Crippen LogP contribution in [0.4, 0.5) is 0 Å². The highest BCUT2D eigenvalue weighted by molar-refractivity contribution is 5.66. The Labute approximate surface area is 185 Å². The van der Waals surface area contributed by atoms with Gasteiger partial charge in [-0.05, 0) is 50.4 Å². The van der Waals surface area contributed by atoms with Crippen LogP contribution in [0, 0.1) is 22.7 Å². The Hall–Kier alpha value is -1.18. The van der Waals surface area contributed by atoms with Gasteiger partial charge in [0.1, 0.15) is 12.2 Å². The van der Waals surface area contributed by atoms with Crippen LogP contribution >= 0.6 is 0 Å². The maximum Gasteiger partial charge on any atom is 0.302 e. The number of aliphatic hydroxyl groups is 2. The highest BCUT2D eigenvalue weighted by Crippen LogP contribution is 2.67. The van der Waals surface area contributed by atoms with E-state index in [9.17, 15) is 19.8 Å². The molecular weight excluding hydrogens is 400 g/mol. The monoisotopic (exact) mass is 440 g/mol. The number of carbonyl (C=O) groups excluding carboxylic acids is 2. The Morgan fingerprint density at radius 1 is 1.03 bits per heavy atom. The molecule has 178 valence electrons. The van der Waals surface area contributed by atoms with E-state index in [4.69, 9.17) is 14.2 Å². The van der Waals surface area contributed by atoms with Gasteiger partial charge in [-0.3, -0.25) is 9.59 Å². The number of aliphatic hydroxyl groups excluding tert-OH is 2. The van der Waals surface area contributed by atoms with Crippen LogP contribution in [-0.4, -0.2) is 59.3 Å². The lowest BCUT2D eigenvalue weighted by molar-refractivity contribution is -0.273. The van der Waals surface area contributed by atoms with Crippen molar-refractivity contribution in [2.45, 2.75) is 96.9 Å². The van der Waals surface area contributed by atoms with Gasteiger partial charge in [-0.25, -0.2) is 0 Å². The Morgan fingerprint density at radius 2 is 1.71 bits per heavy atom. The molecule has 0 radical (unpaired) electrons. The summed E-state index contributed by atoms with van der Waals surface area (Å²) in [5.41, 5.74) is -1.93. The third-order valence-corrected chi connectivity index (χ3v) is 9.01. The van der Waals surface area contributed by atoms with E-state index >= 15 is 0 Å². The lowest BCUT2D eigenvalue weighted by Crippen LogP contribution is -2.66. The largest absolute Gasteiger partial charge is 0.466 e. The first-order chi connectivity index (χ1) is 14.4. The summed E-state index contributed by atoms with van der Waals surface area (Å²) in [6.45, 7) is 9.58. The summed E-state index contributed by atoms with van der Waals surface area (Å²) in [6.07, 6.45) is 4.83. The zero-order valence-electron chi connectivity index (χ0n) is 19.7. The van der Waals surface area contributed by atoms with Gasteiger partial charge >= 0.3 is 11.9 Å². The standard InChI is InChI=1S/C24H40O7/c1-16-6-7-19-21(4,14-25)20(28)8-9-22(19,5)24(16)11-10-23(31-24,15-30-18(3)27)12-13-29-17(2)26/h16,19-20,25,28H,6-15H2,1-5H3. The predicted molar refractivity (Wildman–Crippen MR) is 114 cm³/mol. The number of rotatable bonds is 6. The summed E-state index contributed by atoms with van der Waals surface area (Å²) in [6, 6.07) is 0. The second-order valence-electron chi connectivity index (χ2n) is 10.7. The van der Waals surface area contributed by atoms with Gasteiger partial charge in [0.15, 0.2) is 0 Å². The third kappa shape index (κ3) is 4.02. The highest BCUT2D eigenvalue weighted by Gasteiger charge is 2.68. The van der Waals surface area contributed by atoms with Gasteiger partial charge in [0.05, 0.1) is 24.9 Å². The van der Waals surface area contributed by atoms with Gasteiger partial charge in [-0.15, -0.1) is 0 Å². The van der Waals surface area contributed by atoms with Gasteiger partial charge in [0.25, 0.3) is 0 Å². The van der Waals surface area contributed by atoms with E-state index in [-0.39, 0.29) is 43.1 Å². The number of esters is 2. The smallest absolute Gasteiger partial charge is 0.302 e. The summed E-state index contributed by atoms with van der Waals surface area (Å²) in [5, 5.41) is 21.1. The van der Waals surface area contributed by atoms with E-state index in [0.29, 0.717) is 25.2 Å². The Morgan fingerprint density at radius 3 is 2.32 bits per heavy atom. The van der Waals surface area contributed by atoms with Crippen molar-refractivity contribution in [1.82, 2.24) is 0 Å². The Kier molecular flexibility index (Phi) is 6.82. The lowest BCUT2D eigenvalue weighted by Gasteiger charge is -2.65. The SMILES string of the molecule is CC(=O)OCCC1(COC(C)=O)CCC2(O1)C(C)CCC1C(C)(CO)C(O)CCC12C. The highest BCUT2D eigenvalue weighted by atomic mass is 16.6. The first kappa shape index (κ1) is 24.5. The minimum atomic E-state index is -0.702. The van der Waals surface area contributed by atoms with Crippen LogP contribution in [0.5, 0.6) is 0 Å². The summed E-state index contributed by atoms with van der Waals surface area (Å²) in [5.74, 6) is -0.276. The molecule has 3 aliphatic rings. The molecule has 2 N–H and O–H groups in total. The van der Waals surface area contributed by atoms with Gasteiger partial charge in [-0.2, -0.15) is 0 Å². The van der Waals surface area contributed by atoms with Crippen LogP contribution in [0.3, 0.4) is 0 Å². The molecule has 0 amide bonds. The summed E-state index contributed by atoms with van der Waals surface area (Å²) < 4.78 is 17.7. The molecule has 1 saturated heterocycles. The molecule has 7 nitrogen and oxygen atoms in total. The van der Waals surface area contributed by atoms with E-state index in [1.165, 1.54) is 13.8 Å². The van der Waals surface area contributed by atoms with E-state index in [0.717, 1.165) is 25.7 Å². The van der Waals surface area contributed by atoms with E-state index < -0.39 is 22.7 Å². The predicted octanol–water partition coefficient (Wildman–Crippen LogP) is 3.00. The maximum atomic E-state index is 11.6. The molecule has 0 aromatic heterocycles. The number of carbonyl (C=O) groups is 2. The Bertz CT molecular complexity index is 695. The average Bonchev–Trinajstić information content (AvgIpc) is 3.09. The van der Waals surface area contributed by atoms with Crippen LogP contribution in [0.2, 0.25) is 0 Å². The van der Waals surface area contributed by atoms with Crippen molar-refractivity contribution in [3.8, 4) is 0 Å². The third-order valence-electron chi connectivity index (χ3n) is 9.01. The topological polar surface area (TPSA) is 102 Å². The minimum Gasteiger partial charge on any atom is -0.466 e. The minimum absolute atomic E-state index is 0.0517. The average molecular weight is 441 g/mol. The number of hydrogen-bond donors (Lipinski definition) is 2. The van der Waals surface area contributed by atoms with E-state index in [2.05, 4.69) is 13.8 Å². The quantitative estimate of drug-likeness (QED) is 0.612. The fourth-order valence-corrected chi connectivity index (χ4v) is 7.10. The van der Waals surface area contributed by atoms with Crippen molar-refractivity contribution < 1.29 is 34.0 Å². The molecule has 0 aromatic carbocycles. The molecule has 7 atom stereocenters. The van der Waals surface area contributed by atoms with Crippen molar-refractivity contribution in [3.63, 3.8) is 0 Å². The van der Waals surface area contributed by atoms with Crippen LogP contribution in [0.15, 0.2) is 0 Å². The number of hydrogen-bond acceptors (Lipinski definition) is 7. The Balaban J connectivity index is 1.94. The van der Waals surface area contributed by atoms with E-state index in [1.54, 1.807) is 0 Å². The zero-order valence-corrected chi connectivity index (χ0v) is 19.7. The molecule has 1 aliphatic heterocycles. The van der Waals surface area contributed by atoms with Crippen LogP contribution < -0.4 is 0 Å². The van der Waals surface area contributed by atoms with Gasteiger partial charge in [-0.1, -0.05) is 20.8 Å². The molecule has 1 heterocycles. The number of ether oxygens (including phenoxy) is 3. The molecule has 0 aromatic rings. The zero-order chi connectivity index (χ0) is 23.1. The second-order valence-corrected chi connectivity index (χ2v) is 10.7. The fraction of sp³-hybridized carbons (Fsp3) is 0.917. The molecule has 31 heavy (non-hydrogen) atoms. The summed E-state index contributed by atoms with van der Waals surface area (Å²) in [4.78, 5) is 22.9. The van der Waals surface area contributed by atoms with Crippen molar-refractivity contribution >= 4 is 11.9 Å². The number of fused-ring (bicyclic) bond motifs is 2. The van der Waals surface area contributed by atoms with Crippen molar-refractivity contribution in [1.29, 1.82) is 0 Å². The molecule has 2 aliphatic carbocycles. The van der Waals surface area contributed by atoms with Gasteiger partial charge in [0.2, 0.25) is 0 Å². The second kappa shape index (κ2) is 8.64. The molecule has 7 unspecified atom stereocenters.